The second kappa shape index (κ2) is 12.1. The SMILES string of the molecule is COc1ccc(Cl)cc1C(=O)Oc1ccc(Cl)cc1/C=N/NC(=O)c1ccc(NC(=O)c2ccco2)cc1. The van der Waals surface area contributed by atoms with Crippen molar-refractivity contribution in [1.29, 1.82) is 0 Å². The molecular formula is C27H19Cl2N3O6. The Balaban J connectivity index is 1.42. The van der Waals surface area contributed by atoms with Crippen molar-refractivity contribution in [2.45, 2.75) is 0 Å². The molecule has 0 aliphatic rings. The summed E-state index contributed by atoms with van der Waals surface area (Å²) in [6.45, 7) is 0. The zero-order chi connectivity index (χ0) is 27.1. The average Bonchev–Trinajstić information content (AvgIpc) is 3.46. The van der Waals surface area contributed by atoms with E-state index >= 15 is 0 Å². The Morgan fingerprint density at radius 1 is 0.895 bits per heavy atom. The number of hydrazone groups is 1. The lowest BCUT2D eigenvalue weighted by Gasteiger charge is -2.11. The Morgan fingerprint density at radius 3 is 2.29 bits per heavy atom. The summed E-state index contributed by atoms with van der Waals surface area (Å²) in [4.78, 5) is 37.3. The number of methoxy groups -OCH3 is 1. The molecule has 0 fully saturated rings. The molecule has 11 heteroatoms. The number of halogens is 2. The zero-order valence-electron chi connectivity index (χ0n) is 19.7. The molecule has 9 nitrogen and oxygen atoms in total. The van der Waals surface area contributed by atoms with E-state index < -0.39 is 17.8 Å². The average molecular weight is 552 g/mol. The molecule has 192 valence electrons. The molecule has 1 aromatic heterocycles. The quantitative estimate of drug-likeness (QED) is 0.123. The van der Waals surface area contributed by atoms with Gasteiger partial charge in [-0.3, -0.25) is 9.59 Å². The van der Waals surface area contributed by atoms with Crippen molar-refractivity contribution >= 4 is 52.9 Å². The van der Waals surface area contributed by atoms with Crippen molar-refractivity contribution in [1.82, 2.24) is 5.43 Å². The third-order valence-electron chi connectivity index (χ3n) is 5.08. The van der Waals surface area contributed by atoms with Crippen LogP contribution < -0.4 is 20.2 Å². The molecule has 2 N–H and O–H groups in total. The molecule has 0 atom stereocenters. The molecule has 0 saturated carbocycles. The Morgan fingerprint density at radius 2 is 1.61 bits per heavy atom. The highest BCUT2D eigenvalue weighted by Crippen LogP contribution is 2.27. The van der Waals surface area contributed by atoms with Crippen molar-refractivity contribution in [2.24, 2.45) is 5.10 Å². The number of amides is 2. The van der Waals surface area contributed by atoms with Crippen molar-refractivity contribution in [3.8, 4) is 11.5 Å². The van der Waals surface area contributed by atoms with Crippen LogP contribution in [0.1, 0.15) is 36.8 Å². The summed E-state index contributed by atoms with van der Waals surface area (Å²) in [7, 11) is 1.42. The van der Waals surface area contributed by atoms with E-state index in [4.69, 9.17) is 37.1 Å². The second-order valence-corrected chi connectivity index (χ2v) is 8.50. The molecule has 2 amide bonds. The van der Waals surface area contributed by atoms with E-state index in [2.05, 4.69) is 15.8 Å². The largest absolute Gasteiger partial charge is 0.496 e. The molecule has 0 radical (unpaired) electrons. The number of carbonyl (C=O) groups excluding carboxylic acids is 3. The van der Waals surface area contributed by atoms with Gasteiger partial charge < -0.3 is 19.2 Å². The Labute approximate surface area is 227 Å². The number of rotatable bonds is 8. The molecule has 0 saturated heterocycles. The van der Waals surface area contributed by atoms with E-state index in [0.29, 0.717) is 32.6 Å². The summed E-state index contributed by atoms with van der Waals surface area (Å²) >= 11 is 12.1. The minimum absolute atomic E-state index is 0.134. The summed E-state index contributed by atoms with van der Waals surface area (Å²) < 4.78 is 15.8. The first-order valence-corrected chi connectivity index (χ1v) is 11.7. The predicted octanol–water partition coefficient (Wildman–Crippen LogP) is 5.83. The lowest BCUT2D eigenvalue weighted by molar-refractivity contribution is 0.0730. The van der Waals surface area contributed by atoms with Gasteiger partial charge >= 0.3 is 5.97 Å². The van der Waals surface area contributed by atoms with Crippen LogP contribution in [0.4, 0.5) is 5.69 Å². The van der Waals surface area contributed by atoms with E-state index in [-0.39, 0.29) is 17.1 Å². The van der Waals surface area contributed by atoms with Crippen LogP contribution >= 0.6 is 23.2 Å². The number of furan rings is 1. The molecule has 3 aromatic carbocycles. The third-order valence-corrected chi connectivity index (χ3v) is 5.55. The number of nitrogens with one attached hydrogen (secondary N) is 2. The standard InChI is InChI=1S/C27H19Cl2N3O6/c1-36-23-11-7-19(29)14-21(23)27(35)38-22-10-6-18(28)13-17(22)15-30-32-25(33)16-4-8-20(9-5-16)31-26(34)24-3-2-12-37-24/h2-15H,1H3,(H,31,34)(H,32,33)/b30-15+. The fraction of sp³-hybridized carbons (Fsp3) is 0.0370. The topological polar surface area (TPSA) is 119 Å². The van der Waals surface area contributed by atoms with Gasteiger partial charge in [-0.2, -0.15) is 5.10 Å². The van der Waals surface area contributed by atoms with Gasteiger partial charge in [0, 0.05) is 26.9 Å². The first-order valence-electron chi connectivity index (χ1n) is 11.0. The fourth-order valence-electron chi connectivity index (χ4n) is 3.24. The van der Waals surface area contributed by atoms with Crippen LogP contribution in [0.2, 0.25) is 10.0 Å². The molecule has 0 unspecified atom stereocenters. The maximum Gasteiger partial charge on any atom is 0.347 e. The second-order valence-electron chi connectivity index (χ2n) is 7.62. The van der Waals surface area contributed by atoms with Crippen LogP contribution in [-0.4, -0.2) is 31.1 Å². The lowest BCUT2D eigenvalue weighted by Crippen LogP contribution is -2.18. The van der Waals surface area contributed by atoms with E-state index in [1.807, 2.05) is 0 Å². The first kappa shape index (κ1) is 26.5. The molecular weight excluding hydrogens is 533 g/mol. The van der Waals surface area contributed by atoms with Crippen LogP contribution in [0.15, 0.2) is 88.6 Å². The summed E-state index contributed by atoms with van der Waals surface area (Å²) in [6.07, 6.45) is 2.69. The number of carbonyl (C=O) groups is 3. The van der Waals surface area contributed by atoms with Gasteiger partial charge in [-0.25, -0.2) is 10.2 Å². The van der Waals surface area contributed by atoms with Gasteiger partial charge in [0.05, 0.1) is 19.6 Å². The Bertz CT molecular complexity index is 1500. The smallest absolute Gasteiger partial charge is 0.347 e. The highest BCUT2D eigenvalue weighted by atomic mass is 35.5. The fourth-order valence-corrected chi connectivity index (χ4v) is 3.59. The predicted molar refractivity (Wildman–Crippen MR) is 143 cm³/mol. The molecule has 0 spiro atoms. The molecule has 0 aliphatic carbocycles. The monoisotopic (exact) mass is 551 g/mol. The molecule has 0 bridgehead atoms. The minimum atomic E-state index is -0.704. The van der Waals surface area contributed by atoms with Crippen molar-refractivity contribution in [3.05, 3.63) is 112 Å². The van der Waals surface area contributed by atoms with Gasteiger partial charge in [-0.1, -0.05) is 23.2 Å². The van der Waals surface area contributed by atoms with Crippen LogP contribution in [0.25, 0.3) is 0 Å². The van der Waals surface area contributed by atoms with Gasteiger partial charge in [-0.15, -0.1) is 0 Å². The van der Waals surface area contributed by atoms with Gasteiger partial charge in [0.2, 0.25) is 0 Å². The number of hydrogen-bond acceptors (Lipinski definition) is 7. The number of hydrogen-bond donors (Lipinski definition) is 2. The summed E-state index contributed by atoms with van der Waals surface area (Å²) in [5, 5.41) is 7.32. The van der Waals surface area contributed by atoms with Gasteiger partial charge in [0.25, 0.3) is 11.8 Å². The minimum Gasteiger partial charge on any atom is -0.496 e. The Kier molecular flexibility index (Phi) is 8.42. The molecule has 0 aliphatic heterocycles. The highest BCUT2D eigenvalue weighted by Gasteiger charge is 2.17. The van der Waals surface area contributed by atoms with Crippen LogP contribution in [0.5, 0.6) is 11.5 Å². The first-order chi connectivity index (χ1) is 18.3. The van der Waals surface area contributed by atoms with Crippen LogP contribution in [0, 0.1) is 0 Å². The third kappa shape index (κ3) is 6.58. The maximum atomic E-state index is 12.8. The molecule has 4 rings (SSSR count). The van der Waals surface area contributed by atoms with Gasteiger partial charge in [-0.05, 0) is 72.8 Å². The number of anilines is 1. The number of nitrogens with zero attached hydrogens (tertiary/aromatic N) is 1. The van der Waals surface area contributed by atoms with Crippen LogP contribution in [-0.2, 0) is 0 Å². The van der Waals surface area contributed by atoms with Gasteiger partial charge in [0.1, 0.15) is 17.1 Å². The molecule has 4 aromatic rings. The van der Waals surface area contributed by atoms with E-state index in [9.17, 15) is 14.4 Å². The van der Waals surface area contributed by atoms with E-state index in [1.54, 1.807) is 36.4 Å². The summed E-state index contributed by atoms with van der Waals surface area (Å²) in [6, 6.07) is 18.5. The maximum absolute atomic E-state index is 12.8. The Hall–Kier alpha value is -4.60. The van der Waals surface area contributed by atoms with E-state index in [0.717, 1.165) is 0 Å². The van der Waals surface area contributed by atoms with Crippen LogP contribution in [0.3, 0.4) is 0 Å². The summed E-state index contributed by atoms with van der Waals surface area (Å²) in [5.74, 6) is -1.01. The lowest BCUT2D eigenvalue weighted by atomic mass is 10.2. The number of esters is 1. The zero-order valence-corrected chi connectivity index (χ0v) is 21.2. The van der Waals surface area contributed by atoms with Crippen molar-refractivity contribution in [2.75, 3.05) is 12.4 Å². The van der Waals surface area contributed by atoms with Crippen molar-refractivity contribution < 1.29 is 28.3 Å². The normalized spacial score (nSPS) is 10.7. The number of ether oxygens (including phenoxy) is 2. The van der Waals surface area contributed by atoms with E-state index in [1.165, 1.54) is 56.0 Å². The molecule has 38 heavy (non-hydrogen) atoms. The van der Waals surface area contributed by atoms with Gasteiger partial charge in [0.15, 0.2) is 5.76 Å². The number of benzene rings is 3. The highest BCUT2D eigenvalue weighted by molar-refractivity contribution is 6.31. The molecule has 1 heterocycles. The van der Waals surface area contributed by atoms with Crippen molar-refractivity contribution in [3.63, 3.8) is 0 Å². The summed E-state index contributed by atoms with van der Waals surface area (Å²) in [5.41, 5.74) is 3.64.